The molecule has 0 spiro atoms. The van der Waals surface area contributed by atoms with Crippen LogP contribution in [0.3, 0.4) is 0 Å². The molecule has 5 heteroatoms. The van der Waals surface area contributed by atoms with E-state index in [1.807, 2.05) is 48.7 Å². The van der Waals surface area contributed by atoms with Crippen molar-refractivity contribution in [3.8, 4) is 5.88 Å². The van der Waals surface area contributed by atoms with Crippen molar-refractivity contribution in [1.82, 2.24) is 9.97 Å². The summed E-state index contributed by atoms with van der Waals surface area (Å²) in [6.45, 7) is -0.0428. The molecule has 1 aromatic heterocycles. The van der Waals surface area contributed by atoms with Crippen LogP contribution >= 0.6 is 11.8 Å². The third-order valence-electron chi connectivity index (χ3n) is 3.17. The summed E-state index contributed by atoms with van der Waals surface area (Å²) < 4.78 is 5.66. The zero-order valence-corrected chi connectivity index (χ0v) is 12.8. The van der Waals surface area contributed by atoms with Gasteiger partial charge in [-0.3, -0.25) is 4.79 Å². The van der Waals surface area contributed by atoms with Crippen molar-refractivity contribution < 1.29 is 9.53 Å². The van der Waals surface area contributed by atoms with Gasteiger partial charge in [0.05, 0.1) is 10.9 Å². The van der Waals surface area contributed by atoms with E-state index in [4.69, 9.17) is 4.74 Å². The second kappa shape index (κ2) is 6.58. The van der Waals surface area contributed by atoms with Gasteiger partial charge in [0.2, 0.25) is 5.88 Å². The van der Waals surface area contributed by atoms with Crippen LogP contribution in [0.4, 0.5) is 0 Å². The van der Waals surface area contributed by atoms with Gasteiger partial charge in [-0.15, -0.1) is 0 Å². The molecule has 0 N–H and O–H groups in total. The molecule has 0 atom stereocenters. The molecular formula is C17H14N2O2S. The minimum Gasteiger partial charge on any atom is -0.469 e. The number of hydrogen-bond donors (Lipinski definition) is 0. The molecule has 4 nitrogen and oxygen atoms in total. The number of hydrogen-bond acceptors (Lipinski definition) is 5. The lowest BCUT2D eigenvalue weighted by Crippen LogP contribution is -2.12. The van der Waals surface area contributed by atoms with E-state index in [-0.39, 0.29) is 12.4 Å². The van der Waals surface area contributed by atoms with E-state index in [9.17, 15) is 4.79 Å². The number of nitrogens with zero attached hydrogens (tertiary/aromatic N) is 2. The predicted octanol–water partition coefficient (Wildman–Crippen LogP) is 3.61. The Morgan fingerprint density at radius 2 is 1.77 bits per heavy atom. The van der Waals surface area contributed by atoms with Crippen LogP contribution in [0, 0.1) is 0 Å². The number of aromatic nitrogens is 2. The molecule has 0 saturated carbocycles. The van der Waals surface area contributed by atoms with Gasteiger partial charge in [0.1, 0.15) is 0 Å². The predicted molar refractivity (Wildman–Crippen MR) is 87.6 cm³/mol. The zero-order valence-electron chi connectivity index (χ0n) is 12.0. The molecule has 3 aromatic rings. The van der Waals surface area contributed by atoms with E-state index in [1.54, 1.807) is 12.1 Å². The van der Waals surface area contributed by atoms with Crippen LogP contribution < -0.4 is 4.74 Å². The standard InChI is InChI=1S/C17H14N2O2S/c1-22-17-18-14-10-6-5-9-13(14)16(19-17)21-11-15(20)12-7-3-2-4-8-12/h2-10H,11H2,1H3. The first-order chi connectivity index (χ1) is 10.8. The van der Waals surface area contributed by atoms with Crippen molar-refractivity contribution in [3.05, 3.63) is 60.2 Å². The maximum absolute atomic E-state index is 12.1. The molecule has 22 heavy (non-hydrogen) atoms. The fourth-order valence-electron chi connectivity index (χ4n) is 2.07. The van der Waals surface area contributed by atoms with Crippen molar-refractivity contribution in [2.45, 2.75) is 5.16 Å². The minimum absolute atomic E-state index is 0.0428. The highest BCUT2D eigenvalue weighted by atomic mass is 32.2. The van der Waals surface area contributed by atoms with Crippen LogP contribution in [0.25, 0.3) is 10.9 Å². The molecule has 0 bridgehead atoms. The van der Waals surface area contributed by atoms with Gasteiger partial charge in [-0.2, -0.15) is 4.98 Å². The van der Waals surface area contributed by atoms with Gasteiger partial charge in [0, 0.05) is 5.56 Å². The molecule has 110 valence electrons. The normalized spacial score (nSPS) is 10.6. The molecule has 2 aromatic carbocycles. The Morgan fingerprint density at radius 1 is 1.05 bits per heavy atom. The summed E-state index contributed by atoms with van der Waals surface area (Å²) in [5.74, 6) is 0.369. The quantitative estimate of drug-likeness (QED) is 0.409. The zero-order chi connectivity index (χ0) is 15.4. The maximum Gasteiger partial charge on any atom is 0.225 e. The average molecular weight is 310 g/mol. The van der Waals surface area contributed by atoms with Crippen LogP contribution in [-0.4, -0.2) is 28.6 Å². The first kappa shape index (κ1) is 14.5. The van der Waals surface area contributed by atoms with Gasteiger partial charge in [-0.05, 0) is 18.4 Å². The van der Waals surface area contributed by atoms with Crippen LogP contribution in [0.15, 0.2) is 59.8 Å². The molecular weight excluding hydrogens is 296 g/mol. The summed E-state index contributed by atoms with van der Waals surface area (Å²) >= 11 is 1.44. The van der Waals surface area contributed by atoms with E-state index >= 15 is 0 Å². The van der Waals surface area contributed by atoms with Crippen LogP contribution in [0.1, 0.15) is 10.4 Å². The number of Topliss-reactive ketones (excluding diaryl/α,β-unsaturated/α-hetero) is 1. The third kappa shape index (κ3) is 3.09. The van der Waals surface area contributed by atoms with Gasteiger partial charge in [-0.25, -0.2) is 4.98 Å². The van der Waals surface area contributed by atoms with Crippen LogP contribution in [0.5, 0.6) is 5.88 Å². The van der Waals surface area contributed by atoms with Crippen molar-refractivity contribution in [3.63, 3.8) is 0 Å². The molecule has 0 fully saturated rings. The Kier molecular flexibility index (Phi) is 4.34. The van der Waals surface area contributed by atoms with E-state index in [1.165, 1.54) is 11.8 Å². The van der Waals surface area contributed by atoms with Crippen LogP contribution in [-0.2, 0) is 0 Å². The van der Waals surface area contributed by atoms with Crippen molar-refractivity contribution in [2.75, 3.05) is 12.9 Å². The highest BCUT2D eigenvalue weighted by Crippen LogP contribution is 2.25. The van der Waals surface area contributed by atoms with Gasteiger partial charge < -0.3 is 4.74 Å². The lowest BCUT2D eigenvalue weighted by Gasteiger charge is -2.09. The second-order valence-electron chi connectivity index (χ2n) is 4.61. The topological polar surface area (TPSA) is 52.1 Å². The molecule has 0 saturated heterocycles. The molecule has 0 unspecified atom stereocenters. The highest BCUT2D eigenvalue weighted by Gasteiger charge is 2.11. The number of para-hydroxylation sites is 1. The van der Waals surface area contributed by atoms with Crippen LogP contribution in [0.2, 0.25) is 0 Å². The fourth-order valence-corrected chi connectivity index (χ4v) is 2.43. The average Bonchev–Trinajstić information content (AvgIpc) is 2.59. The molecule has 3 rings (SSSR count). The summed E-state index contributed by atoms with van der Waals surface area (Å²) in [5.41, 5.74) is 1.44. The van der Waals surface area contributed by atoms with Crippen molar-refractivity contribution >= 4 is 28.4 Å². The highest BCUT2D eigenvalue weighted by molar-refractivity contribution is 7.98. The number of ketones is 1. The Hall–Kier alpha value is -2.40. The number of ether oxygens (including phenoxy) is 1. The first-order valence-corrected chi connectivity index (χ1v) is 8.02. The summed E-state index contributed by atoms with van der Waals surface area (Å²) in [4.78, 5) is 20.9. The van der Waals surface area contributed by atoms with Gasteiger partial charge in [0.15, 0.2) is 17.5 Å². The lowest BCUT2D eigenvalue weighted by molar-refractivity contribution is 0.0919. The minimum atomic E-state index is -0.0750. The number of fused-ring (bicyclic) bond motifs is 1. The molecule has 1 heterocycles. The first-order valence-electron chi connectivity index (χ1n) is 6.80. The number of carbonyl (C=O) groups excluding carboxylic acids is 1. The second-order valence-corrected chi connectivity index (χ2v) is 5.38. The lowest BCUT2D eigenvalue weighted by atomic mass is 10.1. The third-order valence-corrected chi connectivity index (χ3v) is 3.71. The number of rotatable bonds is 5. The number of benzene rings is 2. The van der Waals surface area contributed by atoms with E-state index in [0.29, 0.717) is 16.6 Å². The van der Waals surface area contributed by atoms with Crippen molar-refractivity contribution in [1.29, 1.82) is 0 Å². The molecule has 0 aliphatic rings. The Balaban J connectivity index is 1.86. The van der Waals surface area contributed by atoms with E-state index in [2.05, 4.69) is 9.97 Å². The Morgan fingerprint density at radius 3 is 2.55 bits per heavy atom. The molecule has 0 amide bonds. The van der Waals surface area contributed by atoms with E-state index in [0.717, 1.165) is 10.9 Å². The largest absolute Gasteiger partial charge is 0.469 e. The number of thioether (sulfide) groups is 1. The van der Waals surface area contributed by atoms with Gasteiger partial charge in [-0.1, -0.05) is 54.2 Å². The summed E-state index contributed by atoms with van der Waals surface area (Å²) in [5, 5.41) is 1.43. The molecule has 0 aliphatic heterocycles. The summed E-state index contributed by atoms with van der Waals surface area (Å²) in [6, 6.07) is 16.7. The summed E-state index contributed by atoms with van der Waals surface area (Å²) in [6.07, 6.45) is 1.91. The SMILES string of the molecule is CSc1nc(OCC(=O)c2ccccc2)c2ccccc2n1. The summed E-state index contributed by atoms with van der Waals surface area (Å²) in [7, 11) is 0. The van der Waals surface area contributed by atoms with Gasteiger partial charge in [0.25, 0.3) is 0 Å². The fraction of sp³-hybridized carbons (Fsp3) is 0.118. The monoisotopic (exact) mass is 310 g/mol. The van der Waals surface area contributed by atoms with Gasteiger partial charge >= 0.3 is 0 Å². The maximum atomic E-state index is 12.1. The van der Waals surface area contributed by atoms with Crippen molar-refractivity contribution in [2.24, 2.45) is 0 Å². The molecule has 0 radical (unpaired) electrons. The Labute approximate surface area is 132 Å². The Bertz CT molecular complexity index is 806. The van der Waals surface area contributed by atoms with E-state index < -0.39 is 0 Å². The molecule has 0 aliphatic carbocycles. The number of carbonyl (C=O) groups is 1. The smallest absolute Gasteiger partial charge is 0.225 e.